The molecule has 0 unspecified atom stereocenters. The van der Waals surface area contributed by atoms with Crippen LogP contribution in [0.15, 0.2) is 0 Å². The number of nitrogens with zero attached hydrogens (tertiary/aromatic N) is 1. The highest BCUT2D eigenvalue weighted by molar-refractivity contribution is 5.81. The number of rotatable bonds is 4. The van der Waals surface area contributed by atoms with E-state index in [0.29, 0.717) is 12.5 Å². The first-order chi connectivity index (χ1) is 7.63. The third-order valence-corrected chi connectivity index (χ3v) is 2.98. The summed E-state index contributed by atoms with van der Waals surface area (Å²) in [5, 5.41) is 0. The molecule has 0 aromatic carbocycles. The standard InChI is InChI=1S/C12H21NO3/c1-3-16-12(15)5-4-11(14)13-8-6-10(2)7-9-13/h10H,3-9H2,1-2H3. The van der Waals surface area contributed by atoms with Crippen LogP contribution in [0.1, 0.15) is 39.5 Å². The van der Waals surface area contributed by atoms with Crippen LogP contribution >= 0.6 is 0 Å². The van der Waals surface area contributed by atoms with Gasteiger partial charge in [-0.25, -0.2) is 0 Å². The highest BCUT2D eigenvalue weighted by atomic mass is 16.5. The van der Waals surface area contributed by atoms with E-state index in [0.717, 1.165) is 25.9 Å². The van der Waals surface area contributed by atoms with Gasteiger partial charge in [0.15, 0.2) is 0 Å². The average molecular weight is 227 g/mol. The van der Waals surface area contributed by atoms with Crippen LogP contribution in [0.2, 0.25) is 0 Å². The minimum absolute atomic E-state index is 0.0833. The lowest BCUT2D eigenvalue weighted by Gasteiger charge is -2.30. The molecule has 0 atom stereocenters. The van der Waals surface area contributed by atoms with Crippen LogP contribution in [0.25, 0.3) is 0 Å². The summed E-state index contributed by atoms with van der Waals surface area (Å²) in [6, 6.07) is 0. The fourth-order valence-electron chi connectivity index (χ4n) is 1.86. The molecule has 0 bridgehead atoms. The molecule has 4 nitrogen and oxygen atoms in total. The number of carbonyl (C=O) groups is 2. The van der Waals surface area contributed by atoms with Crippen molar-refractivity contribution >= 4 is 11.9 Å². The summed E-state index contributed by atoms with van der Waals surface area (Å²) in [6.45, 7) is 6.03. The lowest BCUT2D eigenvalue weighted by atomic mass is 9.99. The van der Waals surface area contributed by atoms with Gasteiger partial charge < -0.3 is 9.64 Å². The molecule has 1 heterocycles. The summed E-state index contributed by atoms with van der Waals surface area (Å²) < 4.78 is 4.79. The van der Waals surface area contributed by atoms with Gasteiger partial charge in [0.25, 0.3) is 0 Å². The van der Waals surface area contributed by atoms with E-state index in [-0.39, 0.29) is 24.7 Å². The molecule has 16 heavy (non-hydrogen) atoms. The van der Waals surface area contributed by atoms with E-state index >= 15 is 0 Å². The summed E-state index contributed by atoms with van der Waals surface area (Å²) in [5.41, 5.74) is 0. The SMILES string of the molecule is CCOC(=O)CCC(=O)N1CCC(C)CC1. The average Bonchev–Trinajstić information content (AvgIpc) is 2.27. The second-order valence-electron chi connectivity index (χ2n) is 4.37. The van der Waals surface area contributed by atoms with Gasteiger partial charge in [0.05, 0.1) is 13.0 Å². The van der Waals surface area contributed by atoms with Crippen molar-refractivity contribution in [3.63, 3.8) is 0 Å². The summed E-state index contributed by atoms with van der Waals surface area (Å²) in [5.74, 6) is 0.523. The first-order valence-corrected chi connectivity index (χ1v) is 6.07. The number of piperidine rings is 1. The predicted octanol–water partition coefficient (Wildman–Crippen LogP) is 1.59. The Bertz CT molecular complexity index is 245. The van der Waals surface area contributed by atoms with Crippen molar-refractivity contribution in [2.24, 2.45) is 5.92 Å². The van der Waals surface area contributed by atoms with Gasteiger partial charge in [-0.15, -0.1) is 0 Å². The number of hydrogen-bond acceptors (Lipinski definition) is 3. The summed E-state index contributed by atoms with van der Waals surface area (Å²) >= 11 is 0. The van der Waals surface area contributed by atoms with Crippen LogP contribution < -0.4 is 0 Å². The van der Waals surface area contributed by atoms with Crippen molar-refractivity contribution in [2.75, 3.05) is 19.7 Å². The van der Waals surface area contributed by atoms with E-state index in [1.54, 1.807) is 6.92 Å². The second-order valence-corrected chi connectivity index (χ2v) is 4.37. The van der Waals surface area contributed by atoms with Crippen LogP contribution in [0.4, 0.5) is 0 Å². The van der Waals surface area contributed by atoms with E-state index < -0.39 is 0 Å². The van der Waals surface area contributed by atoms with Gasteiger partial charge in [-0.05, 0) is 25.7 Å². The fourth-order valence-corrected chi connectivity index (χ4v) is 1.86. The molecule has 0 aromatic heterocycles. The molecule has 0 N–H and O–H groups in total. The lowest BCUT2D eigenvalue weighted by molar-refractivity contribution is -0.146. The number of amides is 1. The van der Waals surface area contributed by atoms with Gasteiger partial charge in [0.1, 0.15) is 0 Å². The smallest absolute Gasteiger partial charge is 0.306 e. The Morgan fingerprint density at radius 3 is 2.44 bits per heavy atom. The lowest BCUT2D eigenvalue weighted by Crippen LogP contribution is -2.38. The van der Waals surface area contributed by atoms with Crippen LogP contribution in [0.3, 0.4) is 0 Å². The van der Waals surface area contributed by atoms with Gasteiger partial charge in [-0.3, -0.25) is 9.59 Å². The van der Waals surface area contributed by atoms with Crippen LogP contribution in [-0.4, -0.2) is 36.5 Å². The predicted molar refractivity (Wildman–Crippen MR) is 60.8 cm³/mol. The zero-order valence-corrected chi connectivity index (χ0v) is 10.2. The van der Waals surface area contributed by atoms with E-state index in [4.69, 9.17) is 4.74 Å². The molecule has 4 heteroatoms. The van der Waals surface area contributed by atoms with Crippen LogP contribution in [-0.2, 0) is 14.3 Å². The van der Waals surface area contributed by atoms with Gasteiger partial charge >= 0.3 is 5.97 Å². The van der Waals surface area contributed by atoms with Gasteiger partial charge in [0, 0.05) is 19.5 Å². The number of hydrogen-bond donors (Lipinski definition) is 0. The molecule has 1 saturated heterocycles. The summed E-state index contributed by atoms with van der Waals surface area (Å²) in [6.07, 6.45) is 2.64. The number of carbonyl (C=O) groups excluding carboxylic acids is 2. The van der Waals surface area contributed by atoms with Crippen molar-refractivity contribution in [3.05, 3.63) is 0 Å². The Morgan fingerprint density at radius 1 is 1.25 bits per heavy atom. The first-order valence-electron chi connectivity index (χ1n) is 6.07. The normalized spacial score (nSPS) is 17.2. The van der Waals surface area contributed by atoms with Crippen molar-refractivity contribution in [3.8, 4) is 0 Å². The Balaban J connectivity index is 2.22. The quantitative estimate of drug-likeness (QED) is 0.685. The molecule has 92 valence electrons. The fraction of sp³-hybridized carbons (Fsp3) is 0.833. The molecule has 0 aliphatic carbocycles. The van der Waals surface area contributed by atoms with Gasteiger partial charge in [0.2, 0.25) is 5.91 Å². The highest BCUT2D eigenvalue weighted by Crippen LogP contribution is 2.16. The minimum atomic E-state index is -0.277. The topological polar surface area (TPSA) is 46.6 Å². The Kier molecular flexibility index (Phi) is 5.29. The molecule has 1 amide bonds. The first kappa shape index (κ1) is 13.0. The number of esters is 1. The zero-order chi connectivity index (χ0) is 12.0. The largest absolute Gasteiger partial charge is 0.466 e. The van der Waals surface area contributed by atoms with E-state index in [1.165, 1.54) is 0 Å². The maximum absolute atomic E-state index is 11.7. The number of ether oxygens (including phenoxy) is 1. The monoisotopic (exact) mass is 227 g/mol. The molecule has 0 aromatic rings. The Morgan fingerprint density at radius 2 is 1.88 bits per heavy atom. The molecule has 1 fully saturated rings. The van der Waals surface area contributed by atoms with Crippen LogP contribution in [0, 0.1) is 5.92 Å². The Labute approximate surface area is 96.9 Å². The number of likely N-dealkylation sites (tertiary alicyclic amines) is 1. The van der Waals surface area contributed by atoms with Gasteiger partial charge in [-0.2, -0.15) is 0 Å². The minimum Gasteiger partial charge on any atom is -0.466 e. The molecular formula is C12H21NO3. The summed E-state index contributed by atoms with van der Waals surface area (Å²) in [7, 11) is 0. The van der Waals surface area contributed by atoms with Crippen molar-refractivity contribution < 1.29 is 14.3 Å². The third-order valence-electron chi connectivity index (χ3n) is 2.98. The highest BCUT2D eigenvalue weighted by Gasteiger charge is 2.20. The second kappa shape index (κ2) is 6.51. The third kappa shape index (κ3) is 4.21. The van der Waals surface area contributed by atoms with Crippen molar-refractivity contribution in [2.45, 2.75) is 39.5 Å². The zero-order valence-electron chi connectivity index (χ0n) is 10.2. The van der Waals surface area contributed by atoms with E-state index in [2.05, 4.69) is 6.92 Å². The van der Waals surface area contributed by atoms with E-state index in [1.807, 2.05) is 4.90 Å². The van der Waals surface area contributed by atoms with Crippen LogP contribution in [0.5, 0.6) is 0 Å². The summed E-state index contributed by atoms with van der Waals surface area (Å²) in [4.78, 5) is 24.7. The Hall–Kier alpha value is -1.06. The molecule has 1 aliphatic heterocycles. The maximum Gasteiger partial charge on any atom is 0.306 e. The molecule has 0 spiro atoms. The molecular weight excluding hydrogens is 206 g/mol. The van der Waals surface area contributed by atoms with Gasteiger partial charge in [-0.1, -0.05) is 6.92 Å². The maximum atomic E-state index is 11.7. The molecule has 1 rings (SSSR count). The molecule has 0 radical (unpaired) electrons. The van der Waals surface area contributed by atoms with E-state index in [9.17, 15) is 9.59 Å². The van der Waals surface area contributed by atoms with Crippen molar-refractivity contribution in [1.82, 2.24) is 4.90 Å². The van der Waals surface area contributed by atoms with Crippen molar-refractivity contribution in [1.29, 1.82) is 0 Å². The molecule has 0 saturated carbocycles. The molecule has 1 aliphatic rings.